The van der Waals surface area contributed by atoms with E-state index in [2.05, 4.69) is 17.0 Å². The molecule has 0 spiro atoms. The maximum Gasteiger partial charge on any atom is 0.257 e. The minimum atomic E-state index is -2.00. The summed E-state index contributed by atoms with van der Waals surface area (Å²) in [6.45, 7) is 4.43. The molecule has 24 heavy (non-hydrogen) atoms. The van der Waals surface area contributed by atoms with Gasteiger partial charge in [0.15, 0.2) is 23.3 Å². The van der Waals surface area contributed by atoms with Gasteiger partial charge in [-0.1, -0.05) is 11.7 Å². The Labute approximate surface area is 133 Å². The average Bonchev–Trinajstić information content (AvgIpc) is 2.53. The summed E-state index contributed by atoms with van der Waals surface area (Å²) >= 11 is 0. The standard InChI is InChI=1S/C13H11F4N5O2/c1-5(2)12(23)19-3-4-20-13(24)6-7(14)9(16)11(21-22-18)10(17)8(6)15/h1,3-4H2,2H3,(H,19,23)(H,20,24). The molecule has 0 fully saturated rings. The van der Waals surface area contributed by atoms with Crippen molar-refractivity contribution in [3.05, 3.63) is 51.4 Å². The van der Waals surface area contributed by atoms with Gasteiger partial charge in [-0.2, -0.15) is 0 Å². The van der Waals surface area contributed by atoms with Gasteiger partial charge in [0, 0.05) is 23.6 Å². The maximum atomic E-state index is 13.7. The molecule has 1 aromatic rings. The number of benzene rings is 1. The van der Waals surface area contributed by atoms with E-state index in [1.807, 2.05) is 10.2 Å². The Morgan fingerprint density at radius 1 is 1.08 bits per heavy atom. The lowest BCUT2D eigenvalue weighted by atomic mass is 10.1. The van der Waals surface area contributed by atoms with Crippen molar-refractivity contribution in [2.24, 2.45) is 5.11 Å². The van der Waals surface area contributed by atoms with E-state index in [-0.39, 0.29) is 18.7 Å². The van der Waals surface area contributed by atoms with Gasteiger partial charge in [-0.3, -0.25) is 9.59 Å². The quantitative estimate of drug-likeness (QED) is 0.157. The van der Waals surface area contributed by atoms with Crippen molar-refractivity contribution in [1.29, 1.82) is 0 Å². The van der Waals surface area contributed by atoms with Crippen LogP contribution in [0.5, 0.6) is 0 Å². The lowest BCUT2D eigenvalue weighted by Crippen LogP contribution is -2.35. The molecule has 2 N–H and O–H groups in total. The van der Waals surface area contributed by atoms with Crippen LogP contribution in [-0.2, 0) is 4.79 Å². The van der Waals surface area contributed by atoms with Crippen LogP contribution in [-0.4, -0.2) is 24.9 Å². The number of hydrogen-bond acceptors (Lipinski definition) is 3. The lowest BCUT2D eigenvalue weighted by Gasteiger charge is -2.10. The number of nitrogens with one attached hydrogen (secondary N) is 2. The zero-order chi connectivity index (χ0) is 18.4. The Morgan fingerprint density at radius 2 is 1.58 bits per heavy atom. The molecule has 11 heteroatoms. The topological polar surface area (TPSA) is 107 Å². The van der Waals surface area contributed by atoms with Crippen LogP contribution in [0.15, 0.2) is 17.3 Å². The summed E-state index contributed by atoms with van der Waals surface area (Å²) in [4.78, 5) is 24.9. The maximum absolute atomic E-state index is 13.7. The van der Waals surface area contributed by atoms with Crippen LogP contribution in [0.4, 0.5) is 23.2 Å². The molecule has 0 radical (unpaired) electrons. The van der Waals surface area contributed by atoms with Gasteiger partial charge in [0.25, 0.3) is 5.91 Å². The fourth-order valence-corrected chi connectivity index (χ4v) is 1.54. The SMILES string of the molecule is C=C(C)C(=O)NCCNC(=O)c1c(F)c(F)c(N=[N+]=[N-])c(F)c1F. The second kappa shape index (κ2) is 7.97. The average molecular weight is 345 g/mol. The van der Waals surface area contributed by atoms with Crippen molar-refractivity contribution in [2.75, 3.05) is 13.1 Å². The largest absolute Gasteiger partial charge is 0.351 e. The molecule has 0 saturated carbocycles. The van der Waals surface area contributed by atoms with Crippen molar-refractivity contribution in [3.63, 3.8) is 0 Å². The number of azide groups is 1. The number of carbonyl (C=O) groups is 2. The first kappa shape index (κ1) is 19.0. The van der Waals surface area contributed by atoms with E-state index in [9.17, 15) is 27.2 Å². The third kappa shape index (κ3) is 4.02. The number of rotatable bonds is 6. The number of hydrogen-bond donors (Lipinski definition) is 2. The van der Waals surface area contributed by atoms with Gasteiger partial charge < -0.3 is 10.6 Å². The van der Waals surface area contributed by atoms with E-state index < -0.39 is 46.3 Å². The van der Waals surface area contributed by atoms with Crippen LogP contribution < -0.4 is 10.6 Å². The van der Waals surface area contributed by atoms with Gasteiger partial charge in [-0.05, 0) is 12.5 Å². The highest BCUT2D eigenvalue weighted by Crippen LogP contribution is 2.30. The summed E-state index contributed by atoms with van der Waals surface area (Å²) in [5, 5.41) is 6.81. The minimum absolute atomic E-state index is 0.109. The third-order valence-electron chi connectivity index (χ3n) is 2.70. The Balaban J connectivity index is 2.94. The molecule has 0 atom stereocenters. The van der Waals surface area contributed by atoms with Gasteiger partial charge in [-0.25, -0.2) is 17.6 Å². The molecule has 128 valence electrons. The van der Waals surface area contributed by atoms with Crippen LogP contribution in [0, 0.1) is 23.3 Å². The van der Waals surface area contributed by atoms with Crippen molar-refractivity contribution in [3.8, 4) is 0 Å². The smallest absolute Gasteiger partial charge is 0.257 e. The lowest BCUT2D eigenvalue weighted by molar-refractivity contribution is -0.117. The summed E-state index contributed by atoms with van der Waals surface area (Å²) < 4.78 is 54.5. The second-order valence-corrected chi connectivity index (χ2v) is 4.46. The van der Waals surface area contributed by atoms with Crippen molar-refractivity contribution in [1.82, 2.24) is 10.6 Å². The van der Waals surface area contributed by atoms with Crippen LogP contribution in [0.3, 0.4) is 0 Å². The molecule has 0 aromatic heterocycles. The highest BCUT2D eigenvalue weighted by Gasteiger charge is 2.28. The number of carbonyl (C=O) groups excluding carboxylic acids is 2. The Kier molecular flexibility index (Phi) is 6.30. The Hall–Kier alpha value is -3.07. The van der Waals surface area contributed by atoms with Crippen molar-refractivity contribution >= 4 is 17.5 Å². The van der Waals surface area contributed by atoms with Crippen LogP contribution in [0.1, 0.15) is 17.3 Å². The van der Waals surface area contributed by atoms with Crippen molar-refractivity contribution < 1.29 is 27.2 Å². The molecular formula is C13H11F4N5O2. The highest BCUT2D eigenvalue weighted by atomic mass is 19.2. The summed E-state index contributed by atoms with van der Waals surface area (Å²) in [7, 11) is 0. The predicted octanol–water partition coefficient (Wildman–Crippen LogP) is 2.61. The molecule has 0 aliphatic carbocycles. The number of amides is 2. The molecule has 0 aliphatic rings. The van der Waals surface area contributed by atoms with Crippen LogP contribution in [0.2, 0.25) is 0 Å². The van der Waals surface area contributed by atoms with E-state index in [0.29, 0.717) is 0 Å². The van der Waals surface area contributed by atoms with Crippen LogP contribution >= 0.6 is 0 Å². The highest BCUT2D eigenvalue weighted by molar-refractivity contribution is 5.95. The molecule has 0 saturated heterocycles. The fourth-order valence-electron chi connectivity index (χ4n) is 1.54. The Bertz CT molecular complexity index is 730. The molecule has 2 amide bonds. The normalized spacial score (nSPS) is 9.88. The molecule has 7 nitrogen and oxygen atoms in total. The minimum Gasteiger partial charge on any atom is -0.351 e. The summed E-state index contributed by atoms with van der Waals surface area (Å²) in [6.07, 6.45) is 0. The number of halogens is 4. The molecule has 0 aliphatic heterocycles. The third-order valence-corrected chi connectivity index (χ3v) is 2.70. The zero-order valence-electron chi connectivity index (χ0n) is 12.3. The first-order valence-corrected chi connectivity index (χ1v) is 6.35. The first-order valence-electron chi connectivity index (χ1n) is 6.35. The Morgan fingerprint density at radius 3 is 2.04 bits per heavy atom. The predicted molar refractivity (Wildman–Crippen MR) is 75.2 cm³/mol. The van der Waals surface area contributed by atoms with E-state index in [1.165, 1.54) is 6.92 Å². The van der Waals surface area contributed by atoms with Gasteiger partial charge in [0.1, 0.15) is 11.3 Å². The van der Waals surface area contributed by atoms with E-state index >= 15 is 0 Å². The van der Waals surface area contributed by atoms with Gasteiger partial charge >= 0.3 is 0 Å². The van der Waals surface area contributed by atoms with E-state index in [1.54, 1.807) is 0 Å². The fraction of sp³-hybridized carbons (Fsp3) is 0.231. The van der Waals surface area contributed by atoms with Gasteiger partial charge in [0.05, 0.1) is 0 Å². The first-order chi connectivity index (χ1) is 11.2. The van der Waals surface area contributed by atoms with Crippen LogP contribution in [0.25, 0.3) is 10.4 Å². The molecule has 1 rings (SSSR count). The van der Waals surface area contributed by atoms with E-state index in [0.717, 1.165) is 0 Å². The molecular weight excluding hydrogens is 334 g/mol. The zero-order valence-corrected chi connectivity index (χ0v) is 12.3. The summed E-state index contributed by atoms with van der Waals surface area (Å²) in [6, 6.07) is 0. The molecule has 0 heterocycles. The van der Waals surface area contributed by atoms with Gasteiger partial charge in [-0.15, -0.1) is 0 Å². The monoisotopic (exact) mass is 345 g/mol. The van der Waals surface area contributed by atoms with E-state index in [4.69, 9.17) is 5.53 Å². The molecule has 1 aromatic carbocycles. The molecule has 0 unspecified atom stereocenters. The molecule has 0 bridgehead atoms. The number of nitrogens with zero attached hydrogens (tertiary/aromatic N) is 3. The second-order valence-electron chi connectivity index (χ2n) is 4.46. The van der Waals surface area contributed by atoms with Crippen molar-refractivity contribution in [2.45, 2.75) is 6.92 Å². The summed E-state index contributed by atoms with van der Waals surface area (Å²) in [5.41, 5.74) is 5.30. The summed E-state index contributed by atoms with van der Waals surface area (Å²) in [5.74, 6) is -9.93. The van der Waals surface area contributed by atoms with Gasteiger partial charge in [0.2, 0.25) is 5.91 Å².